The van der Waals surface area contributed by atoms with Crippen LogP contribution in [0.1, 0.15) is 46.5 Å². The van der Waals surface area contributed by atoms with Gasteiger partial charge in [-0.1, -0.05) is 0 Å². The van der Waals surface area contributed by atoms with E-state index in [9.17, 15) is 9.90 Å². The molecule has 94 valence electrons. The summed E-state index contributed by atoms with van der Waals surface area (Å²) in [7, 11) is 0. The second-order valence-electron chi connectivity index (χ2n) is 5.41. The Morgan fingerprint density at radius 3 is 2.56 bits per heavy atom. The molecule has 1 N–H and O–H groups in total. The van der Waals surface area contributed by atoms with Crippen LogP contribution in [0.25, 0.3) is 0 Å². The second-order valence-corrected chi connectivity index (χ2v) is 5.41. The van der Waals surface area contributed by atoms with E-state index >= 15 is 0 Å². The van der Waals surface area contributed by atoms with Gasteiger partial charge in [-0.2, -0.15) is 0 Å². The minimum absolute atomic E-state index is 0.262. The zero-order valence-electron chi connectivity index (χ0n) is 10.5. The van der Waals surface area contributed by atoms with Crippen LogP contribution in [0, 0.1) is 0 Å². The van der Waals surface area contributed by atoms with E-state index in [0.29, 0.717) is 13.0 Å². The lowest BCUT2D eigenvalue weighted by Crippen LogP contribution is -2.39. The van der Waals surface area contributed by atoms with Gasteiger partial charge in [0.1, 0.15) is 5.60 Å². The predicted molar refractivity (Wildman–Crippen MR) is 62.3 cm³/mol. The molecule has 1 saturated heterocycles. The van der Waals surface area contributed by atoms with Crippen LogP contribution in [-0.4, -0.2) is 40.9 Å². The summed E-state index contributed by atoms with van der Waals surface area (Å²) in [6, 6.07) is 0. The maximum Gasteiger partial charge on any atom is 0.410 e. The Kier molecular flexibility index (Phi) is 4.59. The van der Waals surface area contributed by atoms with Crippen molar-refractivity contribution in [2.24, 2.45) is 0 Å². The second kappa shape index (κ2) is 5.53. The van der Waals surface area contributed by atoms with E-state index < -0.39 is 5.60 Å². The topological polar surface area (TPSA) is 49.8 Å². The summed E-state index contributed by atoms with van der Waals surface area (Å²) in [6.45, 7) is 6.93. The number of nitrogens with zero attached hydrogens (tertiary/aromatic N) is 1. The molecule has 1 rings (SSSR count). The molecule has 1 fully saturated rings. The lowest BCUT2D eigenvalue weighted by molar-refractivity contribution is 0.0191. The van der Waals surface area contributed by atoms with Crippen molar-refractivity contribution in [1.29, 1.82) is 0 Å². The molecule has 0 spiro atoms. The first-order valence-electron chi connectivity index (χ1n) is 6.04. The van der Waals surface area contributed by atoms with E-state index in [1.807, 2.05) is 20.8 Å². The van der Waals surface area contributed by atoms with Crippen LogP contribution in [-0.2, 0) is 4.74 Å². The predicted octanol–water partition coefficient (Wildman–Crippen LogP) is 2.16. The van der Waals surface area contributed by atoms with Crippen molar-refractivity contribution in [2.45, 2.75) is 58.2 Å². The first-order chi connectivity index (χ1) is 7.38. The number of carbonyl (C=O) groups excluding carboxylic acids is 1. The molecular formula is C12H23NO3. The third-order valence-corrected chi connectivity index (χ3v) is 2.60. The largest absolute Gasteiger partial charge is 0.444 e. The molecule has 0 aliphatic carbocycles. The Bertz CT molecular complexity index is 235. The van der Waals surface area contributed by atoms with E-state index in [1.54, 1.807) is 4.90 Å². The van der Waals surface area contributed by atoms with Gasteiger partial charge in [0, 0.05) is 13.1 Å². The molecule has 1 amide bonds. The maximum atomic E-state index is 11.8. The van der Waals surface area contributed by atoms with Crippen molar-refractivity contribution in [2.75, 3.05) is 13.1 Å². The van der Waals surface area contributed by atoms with Crippen molar-refractivity contribution in [1.82, 2.24) is 4.90 Å². The Morgan fingerprint density at radius 1 is 1.25 bits per heavy atom. The van der Waals surface area contributed by atoms with Crippen LogP contribution in [0.5, 0.6) is 0 Å². The number of amides is 1. The molecular weight excluding hydrogens is 206 g/mol. The lowest BCUT2D eigenvalue weighted by atomic mass is 10.1. The molecule has 0 aromatic carbocycles. The lowest BCUT2D eigenvalue weighted by Gasteiger charge is -2.29. The first-order valence-corrected chi connectivity index (χ1v) is 6.04. The summed E-state index contributed by atoms with van der Waals surface area (Å²) in [5.74, 6) is 0. The van der Waals surface area contributed by atoms with Gasteiger partial charge in [0.05, 0.1) is 6.10 Å². The quantitative estimate of drug-likeness (QED) is 0.692. The third kappa shape index (κ3) is 4.84. The molecule has 0 aromatic rings. The van der Waals surface area contributed by atoms with Gasteiger partial charge in [-0.05, 0) is 46.5 Å². The minimum atomic E-state index is -0.446. The highest BCUT2D eigenvalue weighted by Gasteiger charge is 2.23. The van der Waals surface area contributed by atoms with E-state index in [4.69, 9.17) is 4.74 Å². The van der Waals surface area contributed by atoms with E-state index in [0.717, 1.165) is 25.8 Å². The van der Waals surface area contributed by atoms with Gasteiger partial charge in [-0.15, -0.1) is 0 Å². The summed E-state index contributed by atoms with van der Waals surface area (Å²) >= 11 is 0. The zero-order chi connectivity index (χ0) is 12.2. The van der Waals surface area contributed by atoms with Crippen LogP contribution in [0.3, 0.4) is 0 Å². The average Bonchev–Trinajstić information content (AvgIpc) is 2.08. The highest BCUT2D eigenvalue weighted by Crippen LogP contribution is 2.15. The number of hydrogen-bond donors (Lipinski definition) is 1. The number of ether oxygens (including phenoxy) is 1. The monoisotopic (exact) mass is 229 g/mol. The number of aliphatic hydroxyl groups excluding tert-OH is 1. The Hall–Kier alpha value is -0.770. The minimum Gasteiger partial charge on any atom is -0.444 e. The van der Waals surface area contributed by atoms with Gasteiger partial charge in [0.15, 0.2) is 0 Å². The van der Waals surface area contributed by atoms with Crippen LogP contribution in [0.4, 0.5) is 4.79 Å². The number of hydrogen-bond acceptors (Lipinski definition) is 3. The van der Waals surface area contributed by atoms with Gasteiger partial charge in [-0.3, -0.25) is 0 Å². The molecule has 1 aliphatic heterocycles. The van der Waals surface area contributed by atoms with Gasteiger partial charge in [0.2, 0.25) is 0 Å². The summed E-state index contributed by atoms with van der Waals surface area (Å²) < 4.78 is 5.31. The molecule has 0 radical (unpaired) electrons. The van der Waals surface area contributed by atoms with Crippen LogP contribution >= 0.6 is 0 Å². The number of likely N-dealkylation sites (tertiary alicyclic amines) is 1. The number of aliphatic hydroxyl groups is 1. The van der Waals surface area contributed by atoms with Crippen LogP contribution in [0.15, 0.2) is 0 Å². The summed E-state index contributed by atoms with van der Waals surface area (Å²) in [6.07, 6.45) is 2.88. The smallest absolute Gasteiger partial charge is 0.410 e. The number of carbonyl (C=O) groups is 1. The first kappa shape index (κ1) is 13.3. The summed E-state index contributed by atoms with van der Waals surface area (Å²) in [5.41, 5.74) is -0.446. The highest BCUT2D eigenvalue weighted by molar-refractivity contribution is 5.68. The van der Waals surface area contributed by atoms with E-state index in [-0.39, 0.29) is 12.2 Å². The summed E-state index contributed by atoms with van der Waals surface area (Å²) in [4.78, 5) is 13.5. The zero-order valence-corrected chi connectivity index (χ0v) is 10.5. The molecule has 16 heavy (non-hydrogen) atoms. The normalized spacial score (nSPS) is 23.5. The van der Waals surface area contributed by atoms with Crippen molar-refractivity contribution < 1.29 is 14.6 Å². The number of rotatable bonds is 0. The summed E-state index contributed by atoms with van der Waals surface area (Å²) in [5, 5.41) is 9.57. The van der Waals surface area contributed by atoms with Crippen LogP contribution in [0.2, 0.25) is 0 Å². The molecule has 4 heteroatoms. The maximum absolute atomic E-state index is 11.8. The van der Waals surface area contributed by atoms with Crippen molar-refractivity contribution in [3.05, 3.63) is 0 Å². The Morgan fingerprint density at radius 2 is 1.94 bits per heavy atom. The van der Waals surface area contributed by atoms with Gasteiger partial charge in [0.25, 0.3) is 0 Å². The Balaban J connectivity index is 2.47. The molecule has 1 aliphatic rings. The molecule has 0 saturated carbocycles. The molecule has 0 aromatic heterocycles. The Labute approximate surface area is 97.6 Å². The highest BCUT2D eigenvalue weighted by atomic mass is 16.6. The van der Waals surface area contributed by atoms with Gasteiger partial charge >= 0.3 is 6.09 Å². The fourth-order valence-corrected chi connectivity index (χ4v) is 1.75. The fraction of sp³-hybridized carbons (Fsp3) is 0.917. The van der Waals surface area contributed by atoms with Crippen LogP contribution < -0.4 is 0 Å². The standard InChI is InChI=1S/C12H23NO3/c1-12(2,3)16-11(15)13-8-5-4-6-10(14)7-9-13/h10,14H,4-9H2,1-3H3. The van der Waals surface area contributed by atoms with Gasteiger partial charge in [-0.25, -0.2) is 4.79 Å². The van der Waals surface area contributed by atoms with E-state index in [2.05, 4.69) is 0 Å². The average molecular weight is 229 g/mol. The molecule has 1 unspecified atom stereocenters. The molecule has 1 atom stereocenters. The fourth-order valence-electron chi connectivity index (χ4n) is 1.75. The molecule has 1 heterocycles. The molecule has 4 nitrogen and oxygen atoms in total. The third-order valence-electron chi connectivity index (χ3n) is 2.60. The van der Waals surface area contributed by atoms with Crippen molar-refractivity contribution in [3.8, 4) is 0 Å². The van der Waals surface area contributed by atoms with Gasteiger partial charge < -0.3 is 14.7 Å². The molecule has 0 bridgehead atoms. The van der Waals surface area contributed by atoms with Crippen molar-refractivity contribution in [3.63, 3.8) is 0 Å². The SMILES string of the molecule is CC(C)(C)OC(=O)N1CCCCC(O)CC1. The van der Waals surface area contributed by atoms with Crippen molar-refractivity contribution >= 4 is 6.09 Å². The van der Waals surface area contributed by atoms with E-state index in [1.165, 1.54) is 0 Å².